The fourth-order valence-corrected chi connectivity index (χ4v) is 3.12. The molecule has 2 aromatic carbocycles. The fraction of sp³-hybridized carbons (Fsp3) is 0.381. The highest BCUT2D eigenvalue weighted by Crippen LogP contribution is 2.17. The third kappa shape index (κ3) is 4.84. The number of fused-ring (bicyclic) bond motifs is 1. The van der Waals surface area contributed by atoms with Crippen LogP contribution in [0.2, 0.25) is 0 Å². The van der Waals surface area contributed by atoms with E-state index in [1.54, 1.807) is 0 Å². The van der Waals surface area contributed by atoms with Crippen LogP contribution in [-0.2, 0) is 25.5 Å². The van der Waals surface area contributed by atoms with E-state index in [1.807, 2.05) is 49.4 Å². The molecule has 0 aromatic heterocycles. The lowest BCUT2D eigenvalue weighted by molar-refractivity contribution is -0.147. The zero-order valence-corrected chi connectivity index (χ0v) is 15.4. The Hall–Kier alpha value is -2.89. The molecule has 2 atom stereocenters. The summed E-state index contributed by atoms with van der Waals surface area (Å²) in [4.78, 5) is 36.4. The van der Waals surface area contributed by atoms with Crippen molar-refractivity contribution < 1.29 is 19.1 Å². The lowest BCUT2D eigenvalue weighted by Crippen LogP contribution is -2.62. The van der Waals surface area contributed by atoms with E-state index in [9.17, 15) is 14.4 Å². The van der Waals surface area contributed by atoms with E-state index in [-0.39, 0.29) is 18.2 Å². The second-order valence-corrected chi connectivity index (χ2v) is 6.79. The van der Waals surface area contributed by atoms with Gasteiger partial charge in [-0.25, -0.2) is 0 Å². The predicted octanol–water partition coefficient (Wildman–Crippen LogP) is 2.10. The number of carbonyl (C=O) groups excluding carboxylic acids is 3. The largest absolute Gasteiger partial charge is 0.466 e. The van der Waals surface area contributed by atoms with Crippen LogP contribution >= 0.6 is 0 Å². The van der Waals surface area contributed by atoms with E-state index in [2.05, 4.69) is 10.6 Å². The number of amides is 2. The summed E-state index contributed by atoms with van der Waals surface area (Å²) >= 11 is 0. The first-order valence-electron chi connectivity index (χ1n) is 9.31. The minimum atomic E-state index is -0.875. The van der Waals surface area contributed by atoms with Gasteiger partial charge in [-0.2, -0.15) is 0 Å². The quantitative estimate of drug-likeness (QED) is 0.579. The molecule has 3 rings (SSSR count). The Morgan fingerprint density at radius 1 is 1.00 bits per heavy atom. The Bertz CT molecular complexity index is 849. The molecule has 1 fully saturated rings. The van der Waals surface area contributed by atoms with Crippen LogP contribution in [0.1, 0.15) is 31.7 Å². The van der Waals surface area contributed by atoms with Gasteiger partial charge >= 0.3 is 5.97 Å². The highest BCUT2D eigenvalue weighted by Gasteiger charge is 2.35. The lowest BCUT2D eigenvalue weighted by atomic mass is 9.98. The molecular weight excluding hydrogens is 344 g/mol. The van der Waals surface area contributed by atoms with Crippen LogP contribution in [0.4, 0.5) is 0 Å². The van der Waals surface area contributed by atoms with E-state index in [4.69, 9.17) is 4.74 Å². The van der Waals surface area contributed by atoms with Crippen molar-refractivity contribution in [1.29, 1.82) is 0 Å². The molecule has 6 heteroatoms. The molecule has 2 N–H and O–H groups in total. The summed E-state index contributed by atoms with van der Waals surface area (Å²) in [6.45, 7) is 2.33. The number of unbranched alkanes of at least 4 members (excludes halogenated alkanes) is 1. The second-order valence-electron chi connectivity index (χ2n) is 6.79. The number of hydrogen-bond acceptors (Lipinski definition) is 4. The molecule has 6 nitrogen and oxygen atoms in total. The number of nitrogens with one attached hydrogen (secondary N) is 2. The molecule has 1 aliphatic heterocycles. The molecule has 1 saturated heterocycles. The molecule has 0 bridgehead atoms. The van der Waals surface area contributed by atoms with Gasteiger partial charge in [0.05, 0.1) is 13.0 Å². The molecule has 1 heterocycles. The Balaban J connectivity index is 1.58. The van der Waals surface area contributed by atoms with E-state index in [0.29, 0.717) is 13.0 Å². The van der Waals surface area contributed by atoms with Crippen molar-refractivity contribution in [3.8, 4) is 0 Å². The van der Waals surface area contributed by atoms with Gasteiger partial charge in [0.2, 0.25) is 11.8 Å². The molecule has 0 radical (unpaired) electrons. The van der Waals surface area contributed by atoms with Gasteiger partial charge in [-0.05, 0) is 22.8 Å². The predicted molar refractivity (Wildman–Crippen MR) is 102 cm³/mol. The van der Waals surface area contributed by atoms with Gasteiger partial charge < -0.3 is 15.4 Å². The molecule has 0 spiro atoms. The van der Waals surface area contributed by atoms with E-state index in [1.165, 1.54) is 0 Å². The number of ether oxygens (including phenoxy) is 1. The van der Waals surface area contributed by atoms with Crippen molar-refractivity contribution >= 4 is 28.6 Å². The zero-order valence-electron chi connectivity index (χ0n) is 15.4. The summed E-state index contributed by atoms with van der Waals surface area (Å²) in [5, 5.41) is 7.58. The Morgan fingerprint density at radius 3 is 2.48 bits per heavy atom. The van der Waals surface area contributed by atoms with Gasteiger partial charge in [-0.1, -0.05) is 55.8 Å². The first-order valence-corrected chi connectivity index (χ1v) is 9.31. The van der Waals surface area contributed by atoms with Crippen LogP contribution in [0.3, 0.4) is 0 Å². The van der Waals surface area contributed by atoms with Crippen LogP contribution in [0, 0.1) is 0 Å². The molecule has 0 saturated carbocycles. The van der Waals surface area contributed by atoms with Crippen LogP contribution in [0.25, 0.3) is 10.8 Å². The maximum atomic E-state index is 12.4. The van der Waals surface area contributed by atoms with Gasteiger partial charge in [0.25, 0.3) is 0 Å². The smallest absolute Gasteiger partial charge is 0.308 e. The third-order valence-corrected chi connectivity index (χ3v) is 4.65. The van der Waals surface area contributed by atoms with Gasteiger partial charge in [-0.15, -0.1) is 0 Å². The minimum Gasteiger partial charge on any atom is -0.466 e. The summed E-state index contributed by atoms with van der Waals surface area (Å²) in [6.07, 6.45) is 1.95. The summed E-state index contributed by atoms with van der Waals surface area (Å²) in [5.74, 6) is -1.11. The summed E-state index contributed by atoms with van der Waals surface area (Å²) in [7, 11) is 0. The molecule has 2 aromatic rings. The van der Waals surface area contributed by atoms with E-state index < -0.39 is 18.1 Å². The number of piperazine rings is 1. The maximum absolute atomic E-state index is 12.4. The maximum Gasteiger partial charge on any atom is 0.308 e. The van der Waals surface area contributed by atoms with Gasteiger partial charge in [0.1, 0.15) is 12.1 Å². The van der Waals surface area contributed by atoms with Gasteiger partial charge in [-0.3, -0.25) is 14.4 Å². The normalized spacial score (nSPS) is 19.4. The van der Waals surface area contributed by atoms with Crippen LogP contribution in [0.15, 0.2) is 42.5 Å². The molecular formula is C21H24N2O4. The molecule has 142 valence electrons. The number of benzene rings is 2. The Kier molecular flexibility index (Phi) is 6.06. The van der Waals surface area contributed by atoms with Gasteiger partial charge in [0.15, 0.2) is 0 Å². The first kappa shape index (κ1) is 18.9. The molecule has 0 aliphatic carbocycles. The van der Waals surface area contributed by atoms with E-state index in [0.717, 1.165) is 29.2 Å². The summed E-state index contributed by atoms with van der Waals surface area (Å²) in [5.41, 5.74) is 0.964. The minimum absolute atomic E-state index is 0.149. The highest BCUT2D eigenvalue weighted by molar-refractivity contribution is 5.98. The number of rotatable bonds is 7. The number of carbonyl (C=O) groups is 3. The van der Waals surface area contributed by atoms with Crippen molar-refractivity contribution in [2.45, 2.75) is 44.7 Å². The average molecular weight is 368 g/mol. The lowest BCUT2D eigenvalue weighted by Gasteiger charge is -2.29. The van der Waals surface area contributed by atoms with Crippen LogP contribution < -0.4 is 10.6 Å². The van der Waals surface area contributed by atoms with Crippen LogP contribution in [0.5, 0.6) is 0 Å². The van der Waals surface area contributed by atoms with Gasteiger partial charge in [0, 0.05) is 6.42 Å². The third-order valence-electron chi connectivity index (χ3n) is 4.65. The monoisotopic (exact) mass is 368 g/mol. The average Bonchev–Trinajstić information content (AvgIpc) is 2.66. The number of hydrogen-bond donors (Lipinski definition) is 2. The van der Waals surface area contributed by atoms with Crippen molar-refractivity contribution in [3.63, 3.8) is 0 Å². The SMILES string of the molecule is CCCCOC(=O)CC1NC(=O)C(Cc2ccc3ccccc3c2)NC1=O. The topological polar surface area (TPSA) is 84.5 Å². The highest BCUT2D eigenvalue weighted by atomic mass is 16.5. The Labute approximate surface area is 158 Å². The summed E-state index contributed by atoms with van der Waals surface area (Å²) < 4.78 is 5.06. The summed E-state index contributed by atoms with van der Waals surface area (Å²) in [6, 6.07) is 12.4. The zero-order chi connectivity index (χ0) is 19.2. The van der Waals surface area contributed by atoms with Crippen molar-refractivity contribution in [2.24, 2.45) is 0 Å². The number of esters is 1. The molecule has 27 heavy (non-hydrogen) atoms. The van der Waals surface area contributed by atoms with Crippen molar-refractivity contribution in [1.82, 2.24) is 10.6 Å². The molecule has 2 amide bonds. The van der Waals surface area contributed by atoms with Crippen molar-refractivity contribution in [3.05, 3.63) is 48.0 Å². The Morgan fingerprint density at radius 2 is 1.70 bits per heavy atom. The molecule has 1 aliphatic rings. The van der Waals surface area contributed by atoms with Crippen LogP contribution in [-0.4, -0.2) is 36.5 Å². The molecule has 2 unspecified atom stereocenters. The van der Waals surface area contributed by atoms with E-state index >= 15 is 0 Å². The fourth-order valence-electron chi connectivity index (χ4n) is 3.12. The second kappa shape index (κ2) is 8.66. The standard InChI is InChI=1S/C21H24N2O4/c1-2-3-10-27-19(24)13-18-21(26)22-17(20(25)23-18)12-14-8-9-15-6-4-5-7-16(15)11-14/h4-9,11,17-18H,2-3,10,12-13H2,1H3,(H,22,26)(H,23,25). The first-order chi connectivity index (χ1) is 13.1. The van der Waals surface area contributed by atoms with Crippen molar-refractivity contribution in [2.75, 3.05) is 6.61 Å².